The van der Waals surface area contributed by atoms with Gasteiger partial charge in [-0.2, -0.15) is 0 Å². The number of phenols is 1. The lowest BCUT2D eigenvalue weighted by molar-refractivity contribution is -0.385. The van der Waals surface area contributed by atoms with Gasteiger partial charge in [0.25, 0.3) is 5.69 Å². The number of halogens is 1. The highest BCUT2D eigenvalue weighted by molar-refractivity contribution is 9.10. The van der Waals surface area contributed by atoms with E-state index in [0.29, 0.717) is 5.56 Å². The second-order valence-corrected chi connectivity index (χ2v) is 4.11. The summed E-state index contributed by atoms with van der Waals surface area (Å²) in [5.74, 6) is -0.176. The molecule has 0 aliphatic carbocycles. The zero-order chi connectivity index (χ0) is 12.5. The lowest BCUT2D eigenvalue weighted by Crippen LogP contribution is -2.15. The zero-order valence-electron chi connectivity index (χ0n) is 8.48. The van der Waals surface area contributed by atoms with Gasteiger partial charge in [0.15, 0.2) is 0 Å². The molecule has 0 aliphatic rings. The molecule has 0 aliphatic heterocycles. The van der Waals surface area contributed by atoms with Crippen LogP contribution in [-0.4, -0.2) is 21.7 Å². The van der Waals surface area contributed by atoms with Gasteiger partial charge < -0.3 is 15.9 Å². The van der Waals surface area contributed by atoms with Crippen LogP contribution >= 0.6 is 15.9 Å². The van der Waals surface area contributed by atoms with Gasteiger partial charge in [0.05, 0.1) is 22.0 Å². The Morgan fingerprint density at radius 3 is 2.69 bits per heavy atom. The summed E-state index contributed by atoms with van der Waals surface area (Å²) in [7, 11) is 0. The topological polar surface area (TPSA) is 110 Å². The highest BCUT2D eigenvalue weighted by Gasteiger charge is 2.22. The summed E-state index contributed by atoms with van der Waals surface area (Å²) >= 11 is 3.05. The summed E-state index contributed by atoms with van der Waals surface area (Å²) in [5, 5.41) is 29.4. The zero-order valence-corrected chi connectivity index (χ0v) is 10.1. The van der Waals surface area contributed by atoms with Crippen LogP contribution in [0.4, 0.5) is 5.69 Å². The van der Waals surface area contributed by atoms with Gasteiger partial charge in [-0.15, -0.1) is 0 Å². The Labute approximate surface area is 100.0 Å². The highest BCUT2D eigenvalue weighted by atomic mass is 79.9. The SMILES string of the molecule is Cc1c([N+](=O)[O-])cc([C@H](N)CO)c(O)c1Br. The predicted molar refractivity (Wildman–Crippen MR) is 61.2 cm³/mol. The largest absolute Gasteiger partial charge is 0.506 e. The van der Waals surface area contributed by atoms with Crippen molar-refractivity contribution in [3.05, 3.63) is 31.8 Å². The van der Waals surface area contributed by atoms with Crippen LogP contribution in [0.1, 0.15) is 17.2 Å². The van der Waals surface area contributed by atoms with E-state index in [0.717, 1.165) is 0 Å². The number of hydrogen-bond acceptors (Lipinski definition) is 5. The molecule has 1 aromatic carbocycles. The van der Waals surface area contributed by atoms with Crippen molar-refractivity contribution in [2.45, 2.75) is 13.0 Å². The number of nitro benzene ring substituents is 1. The molecule has 0 spiro atoms. The molecule has 0 amide bonds. The molecule has 0 heterocycles. The van der Waals surface area contributed by atoms with Crippen LogP contribution in [0.3, 0.4) is 0 Å². The van der Waals surface area contributed by atoms with Crippen molar-refractivity contribution in [3.63, 3.8) is 0 Å². The fourth-order valence-corrected chi connectivity index (χ4v) is 1.74. The minimum atomic E-state index is -0.851. The third-order valence-corrected chi connectivity index (χ3v) is 3.25. The number of nitrogens with zero attached hydrogens (tertiary/aromatic N) is 1. The van der Waals surface area contributed by atoms with Crippen molar-refractivity contribution < 1.29 is 15.1 Å². The highest BCUT2D eigenvalue weighted by Crippen LogP contribution is 2.38. The number of benzene rings is 1. The normalized spacial score (nSPS) is 12.5. The third kappa shape index (κ3) is 2.16. The number of nitrogens with two attached hydrogens (primary N) is 1. The monoisotopic (exact) mass is 290 g/mol. The van der Waals surface area contributed by atoms with Crippen molar-refractivity contribution in [1.82, 2.24) is 0 Å². The summed E-state index contributed by atoms with van der Waals surface area (Å²) in [6.07, 6.45) is 0. The molecule has 7 heteroatoms. The maximum atomic E-state index is 10.7. The molecule has 6 nitrogen and oxygen atoms in total. The van der Waals surface area contributed by atoms with Crippen molar-refractivity contribution in [3.8, 4) is 5.75 Å². The maximum absolute atomic E-state index is 10.7. The molecular formula is C9H11BrN2O4. The van der Waals surface area contributed by atoms with E-state index in [9.17, 15) is 15.2 Å². The Bertz CT molecular complexity index is 436. The first-order valence-electron chi connectivity index (χ1n) is 4.43. The average molecular weight is 291 g/mol. The Morgan fingerprint density at radius 1 is 1.69 bits per heavy atom. The fraction of sp³-hybridized carbons (Fsp3) is 0.333. The summed E-state index contributed by atoms with van der Waals surface area (Å²) < 4.78 is 0.223. The first-order chi connectivity index (χ1) is 7.40. The molecule has 4 N–H and O–H groups in total. The van der Waals surface area contributed by atoms with Gasteiger partial charge in [0.1, 0.15) is 5.75 Å². The van der Waals surface area contributed by atoms with Gasteiger partial charge in [0.2, 0.25) is 0 Å². The smallest absolute Gasteiger partial charge is 0.274 e. The number of rotatable bonds is 3. The summed E-state index contributed by atoms with van der Waals surface area (Å²) in [6, 6.07) is 0.326. The van der Waals surface area contributed by atoms with Crippen molar-refractivity contribution >= 4 is 21.6 Å². The minimum Gasteiger partial charge on any atom is -0.506 e. The molecule has 0 bridgehead atoms. The van der Waals surface area contributed by atoms with E-state index >= 15 is 0 Å². The lowest BCUT2D eigenvalue weighted by Gasteiger charge is -2.13. The van der Waals surface area contributed by atoms with Crippen molar-refractivity contribution in [2.24, 2.45) is 5.73 Å². The van der Waals surface area contributed by atoms with E-state index in [4.69, 9.17) is 10.8 Å². The van der Waals surface area contributed by atoms with Crippen molar-refractivity contribution in [1.29, 1.82) is 0 Å². The number of aliphatic hydroxyl groups is 1. The molecule has 1 aromatic rings. The molecule has 0 saturated carbocycles. The van der Waals surface area contributed by atoms with Crippen LogP contribution in [0.15, 0.2) is 10.5 Å². The van der Waals surface area contributed by atoms with Crippen LogP contribution in [-0.2, 0) is 0 Å². The quantitative estimate of drug-likeness (QED) is 0.575. The standard InChI is InChI=1S/C9H11BrN2O4/c1-4-7(12(15)16)2-5(6(11)3-13)9(14)8(4)10/h2,6,13-14H,3,11H2,1H3/t6-/m1/s1. The van der Waals surface area contributed by atoms with Crippen LogP contribution in [0.2, 0.25) is 0 Å². The predicted octanol–water partition coefficient (Wildman–Crippen LogP) is 1.36. The molecule has 1 atom stereocenters. The van der Waals surface area contributed by atoms with Crippen LogP contribution < -0.4 is 5.73 Å². The summed E-state index contributed by atoms with van der Waals surface area (Å²) in [4.78, 5) is 10.2. The number of hydrogen-bond donors (Lipinski definition) is 3. The van der Waals surface area contributed by atoms with Gasteiger partial charge in [-0.25, -0.2) is 0 Å². The van der Waals surface area contributed by atoms with E-state index in [1.807, 2.05) is 0 Å². The Morgan fingerprint density at radius 2 is 2.25 bits per heavy atom. The number of aliphatic hydroxyl groups excluding tert-OH is 1. The maximum Gasteiger partial charge on any atom is 0.274 e. The van der Waals surface area contributed by atoms with Crippen LogP contribution in [0, 0.1) is 17.0 Å². The second kappa shape index (κ2) is 4.77. The molecule has 0 aromatic heterocycles. The first kappa shape index (κ1) is 12.9. The molecule has 0 radical (unpaired) electrons. The fourth-order valence-electron chi connectivity index (χ4n) is 1.31. The molecule has 16 heavy (non-hydrogen) atoms. The molecule has 0 unspecified atom stereocenters. The van der Waals surface area contributed by atoms with E-state index < -0.39 is 17.6 Å². The number of aromatic hydroxyl groups is 1. The van der Waals surface area contributed by atoms with E-state index in [1.54, 1.807) is 0 Å². The number of phenolic OH excluding ortho intramolecular Hbond substituents is 1. The number of nitro groups is 1. The van der Waals surface area contributed by atoms with Crippen molar-refractivity contribution in [2.75, 3.05) is 6.61 Å². The Kier molecular flexibility index (Phi) is 3.84. The lowest BCUT2D eigenvalue weighted by atomic mass is 10.0. The summed E-state index contributed by atoms with van der Waals surface area (Å²) in [6.45, 7) is 1.11. The average Bonchev–Trinajstić information content (AvgIpc) is 2.25. The second-order valence-electron chi connectivity index (χ2n) is 3.32. The van der Waals surface area contributed by atoms with Crippen LogP contribution in [0.25, 0.3) is 0 Å². The van der Waals surface area contributed by atoms with Crippen LogP contribution in [0.5, 0.6) is 5.75 Å². The Balaban J connectivity index is 3.47. The molecule has 0 fully saturated rings. The molecule has 1 rings (SSSR count). The van der Waals surface area contributed by atoms with Gasteiger partial charge in [-0.1, -0.05) is 0 Å². The molecule has 0 saturated heterocycles. The van der Waals surface area contributed by atoms with E-state index in [2.05, 4.69) is 15.9 Å². The van der Waals surface area contributed by atoms with E-state index in [-0.39, 0.29) is 21.5 Å². The molecular weight excluding hydrogens is 280 g/mol. The minimum absolute atomic E-state index is 0.145. The van der Waals surface area contributed by atoms with Gasteiger partial charge >= 0.3 is 0 Å². The van der Waals surface area contributed by atoms with E-state index in [1.165, 1.54) is 13.0 Å². The van der Waals surface area contributed by atoms with Gasteiger partial charge in [-0.05, 0) is 22.9 Å². The molecule has 88 valence electrons. The summed E-state index contributed by atoms with van der Waals surface area (Å²) in [5.41, 5.74) is 5.84. The third-order valence-electron chi connectivity index (χ3n) is 2.28. The first-order valence-corrected chi connectivity index (χ1v) is 5.22. The van der Waals surface area contributed by atoms with Gasteiger partial charge in [-0.3, -0.25) is 10.1 Å². The Hall–Kier alpha value is -1.18. The van der Waals surface area contributed by atoms with Gasteiger partial charge in [0, 0.05) is 17.2 Å².